The van der Waals surface area contributed by atoms with Crippen LogP contribution >= 0.6 is 11.6 Å². The lowest BCUT2D eigenvalue weighted by Crippen LogP contribution is -2.37. The van der Waals surface area contributed by atoms with Crippen molar-refractivity contribution in [3.63, 3.8) is 0 Å². The molecule has 0 amide bonds. The van der Waals surface area contributed by atoms with E-state index in [1.807, 2.05) is 4.68 Å². The summed E-state index contributed by atoms with van der Waals surface area (Å²) >= 11 is 6.28. The standard InChI is InChI=1S/C13H24ClN3O3/c1-5-6-15-11(13(19-3)20-4)12-10(14)9-16-17(12)7-8-18-2/h9,11,13,15H,5-8H2,1-4H3. The fraction of sp³-hybridized carbons (Fsp3) is 0.769. The first-order valence-electron chi connectivity index (χ1n) is 6.68. The molecule has 0 bridgehead atoms. The van der Waals surface area contributed by atoms with E-state index in [1.165, 1.54) is 0 Å². The van der Waals surface area contributed by atoms with Crippen LogP contribution in [0.5, 0.6) is 0 Å². The van der Waals surface area contributed by atoms with Crippen molar-refractivity contribution in [1.82, 2.24) is 15.1 Å². The SMILES string of the molecule is CCCNC(c1c(Cl)cnn1CCOC)C(OC)OC. The number of nitrogens with one attached hydrogen (secondary N) is 1. The van der Waals surface area contributed by atoms with E-state index in [0.29, 0.717) is 18.2 Å². The quantitative estimate of drug-likeness (QED) is 0.669. The van der Waals surface area contributed by atoms with Crippen molar-refractivity contribution in [3.8, 4) is 0 Å². The van der Waals surface area contributed by atoms with E-state index in [1.54, 1.807) is 27.5 Å². The van der Waals surface area contributed by atoms with Crippen LogP contribution in [0.4, 0.5) is 0 Å². The molecule has 7 heteroatoms. The minimum absolute atomic E-state index is 0.184. The van der Waals surface area contributed by atoms with Gasteiger partial charge in [-0.1, -0.05) is 18.5 Å². The van der Waals surface area contributed by atoms with E-state index in [-0.39, 0.29) is 6.04 Å². The molecule has 1 atom stereocenters. The predicted molar refractivity (Wildman–Crippen MR) is 78.0 cm³/mol. The lowest BCUT2D eigenvalue weighted by molar-refractivity contribution is -0.125. The van der Waals surface area contributed by atoms with Crippen molar-refractivity contribution in [1.29, 1.82) is 0 Å². The summed E-state index contributed by atoms with van der Waals surface area (Å²) in [4.78, 5) is 0. The molecule has 0 saturated heterocycles. The maximum absolute atomic E-state index is 6.28. The maximum atomic E-state index is 6.28. The number of rotatable bonds is 10. The molecule has 0 aromatic carbocycles. The lowest BCUT2D eigenvalue weighted by Gasteiger charge is -2.27. The first-order chi connectivity index (χ1) is 9.69. The van der Waals surface area contributed by atoms with Gasteiger partial charge < -0.3 is 19.5 Å². The lowest BCUT2D eigenvalue weighted by atomic mass is 10.2. The Labute approximate surface area is 125 Å². The summed E-state index contributed by atoms with van der Waals surface area (Å²) in [6.45, 7) is 4.13. The highest BCUT2D eigenvalue weighted by Gasteiger charge is 2.28. The molecule has 1 N–H and O–H groups in total. The Morgan fingerprint density at radius 2 is 2.05 bits per heavy atom. The molecule has 0 saturated carbocycles. The number of hydrogen-bond donors (Lipinski definition) is 1. The van der Waals surface area contributed by atoms with Gasteiger partial charge >= 0.3 is 0 Å². The minimum atomic E-state index is -0.433. The molecule has 20 heavy (non-hydrogen) atoms. The zero-order valence-electron chi connectivity index (χ0n) is 12.6. The fourth-order valence-electron chi connectivity index (χ4n) is 2.03. The number of aromatic nitrogens is 2. The molecule has 0 fully saturated rings. The van der Waals surface area contributed by atoms with Crippen molar-refractivity contribution >= 4 is 11.6 Å². The molecule has 1 aromatic rings. The Balaban J connectivity index is 3.01. The molecule has 1 heterocycles. The van der Waals surface area contributed by atoms with Gasteiger partial charge in [0.1, 0.15) is 6.04 Å². The first-order valence-corrected chi connectivity index (χ1v) is 7.06. The summed E-state index contributed by atoms with van der Waals surface area (Å²) in [6.07, 6.45) is 2.20. The highest BCUT2D eigenvalue weighted by atomic mass is 35.5. The number of nitrogens with zero attached hydrogens (tertiary/aromatic N) is 2. The monoisotopic (exact) mass is 305 g/mol. The van der Waals surface area contributed by atoms with Gasteiger partial charge in [-0.05, 0) is 13.0 Å². The number of halogens is 1. The molecular weight excluding hydrogens is 282 g/mol. The average Bonchev–Trinajstić information content (AvgIpc) is 2.82. The minimum Gasteiger partial charge on any atom is -0.383 e. The van der Waals surface area contributed by atoms with Crippen LogP contribution in [0.3, 0.4) is 0 Å². The molecule has 1 aromatic heterocycles. The van der Waals surface area contributed by atoms with Crippen molar-refractivity contribution in [2.75, 3.05) is 34.5 Å². The largest absolute Gasteiger partial charge is 0.383 e. The third kappa shape index (κ3) is 4.43. The van der Waals surface area contributed by atoms with Crippen LogP contribution < -0.4 is 5.32 Å². The van der Waals surface area contributed by atoms with E-state index >= 15 is 0 Å². The number of hydrogen-bond acceptors (Lipinski definition) is 5. The van der Waals surface area contributed by atoms with Gasteiger partial charge in [-0.25, -0.2) is 0 Å². The second-order valence-corrected chi connectivity index (χ2v) is 4.77. The van der Waals surface area contributed by atoms with Gasteiger partial charge in [-0.3, -0.25) is 4.68 Å². The Morgan fingerprint density at radius 1 is 1.35 bits per heavy atom. The van der Waals surface area contributed by atoms with Gasteiger partial charge in [0.05, 0.1) is 30.1 Å². The van der Waals surface area contributed by atoms with Crippen molar-refractivity contribution in [3.05, 3.63) is 16.9 Å². The molecule has 116 valence electrons. The van der Waals surface area contributed by atoms with Gasteiger partial charge in [0.15, 0.2) is 6.29 Å². The third-order valence-electron chi connectivity index (χ3n) is 2.99. The molecule has 0 aliphatic heterocycles. The predicted octanol–water partition coefficient (Wildman–Crippen LogP) is 1.84. The van der Waals surface area contributed by atoms with Crippen LogP contribution in [0.25, 0.3) is 0 Å². The second kappa shape index (κ2) is 9.31. The summed E-state index contributed by atoms with van der Waals surface area (Å²) in [5.41, 5.74) is 0.853. The van der Waals surface area contributed by atoms with Gasteiger partial charge in [0.2, 0.25) is 0 Å². The Bertz CT molecular complexity index is 383. The van der Waals surface area contributed by atoms with Crippen molar-refractivity contribution in [2.45, 2.75) is 32.2 Å². The maximum Gasteiger partial charge on any atom is 0.177 e. The Kier molecular flexibility index (Phi) is 8.09. The van der Waals surface area contributed by atoms with Crippen LogP contribution in [0, 0.1) is 0 Å². The zero-order valence-corrected chi connectivity index (χ0v) is 13.3. The average molecular weight is 306 g/mol. The van der Waals surface area contributed by atoms with Crippen molar-refractivity contribution in [2.24, 2.45) is 0 Å². The third-order valence-corrected chi connectivity index (χ3v) is 3.28. The number of ether oxygens (including phenoxy) is 3. The Hall–Kier alpha value is -0.660. The van der Waals surface area contributed by atoms with Gasteiger partial charge in [0, 0.05) is 21.3 Å². The van der Waals surface area contributed by atoms with Crippen LogP contribution in [0.15, 0.2) is 6.20 Å². The van der Waals surface area contributed by atoms with Gasteiger partial charge in [-0.15, -0.1) is 0 Å². The molecule has 1 unspecified atom stereocenters. The van der Waals surface area contributed by atoms with E-state index in [9.17, 15) is 0 Å². The molecule has 0 aliphatic carbocycles. The molecular formula is C13H24ClN3O3. The molecule has 0 radical (unpaired) electrons. The van der Waals surface area contributed by atoms with Crippen LogP contribution in [-0.2, 0) is 20.8 Å². The summed E-state index contributed by atoms with van der Waals surface area (Å²) in [5.74, 6) is 0. The second-order valence-electron chi connectivity index (χ2n) is 4.37. The first kappa shape index (κ1) is 17.4. The van der Waals surface area contributed by atoms with E-state index in [0.717, 1.165) is 18.7 Å². The Morgan fingerprint density at radius 3 is 2.60 bits per heavy atom. The normalized spacial score (nSPS) is 13.1. The molecule has 0 aliphatic rings. The summed E-state index contributed by atoms with van der Waals surface area (Å²) in [5, 5.41) is 8.27. The van der Waals surface area contributed by atoms with Crippen molar-refractivity contribution < 1.29 is 14.2 Å². The molecule has 1 rings (SSSR count). The van der Waals surface area contributed by atoms with E-state index in [2.05, 4.69) is 17.3 Å². The van der Waals surface area contributed by atoms with E-state index < -0.39 is 6.29 Å². The summed E-state index contributed by atoms with van der Waals surface area (Å²) in [6, 6.07) is -0.184. The van der Waals surface area contributed by atoms with Gasteiger partial charge in [-0.2, -0.15) is 5.10 Å². The van der Waals surface area contributed by atoms with Crippen LogP contribution in [0.1, 0.15) is 25.1 Å². The highest BCUT2D eigenvalue weighted by molar-refractivity contribution is 6.31. The summed E-state index contributed by atoms with van der Waals surface area (Å²) < 4.78 is 17.7. The van der Waals surface area contributed by atoms with E-state index in [4.69, 9.17) is 25.8 Å². The summed E-state index contributed by atoms with van der Waals surface area (Å²) in [7, 11) is 4.88. The van der Waals surface area contributed by atoms with Gasteiger partial charge in [0.25, 0.3) is 0 Å². The van der Waals surface area contributed by atoms with Crippen LogP contribution in [-0.4, -0.2) is 50.6 Å². The topological polar surface area (TPSA) is 57.5 Å². The molecule has 0 spiro atoms. The van der Waals surface area contributed by atoms with Crippen LogP contribution in [0.2, 0.25) is 5.02 Å². The number of methoxy groups -OCH3 is 3. The smallest absolute Gasteiger partial charge is 0.177 e. The zero-order chi connectivity index (χ0) is 15.0. The highest BCUT2D eigenvalue weighted by Crippen LogP contribution is 2.27. The fourth-order valence-corrected chi connectivity index (χ4v) is 2.29. The molecule has 6 nitrogen and oxygen atoms in total.